The van der Waals surface area contributed by atoms with Gasteiger partial charge in [-0.2, -0.15) is 0 Å². The molecule has 2 aromatic carbocycles. The van der Waals surface area contributed by atoms with Crippen LogP contribution in [-0.4, -0.2) is 59.0 Å². The molecule has 184 valence electrons. The van der Waals surface area contributed by atoms with Crippen LogP contribution in [0.3, 0.4) is 0 Å². The second kappa shape index (κ2) is 9.47. The van der Waals surface area contributed by atoms with E-state index in [1.165, 1.54) is 11.8 Å². The fraction of sp³-hybridized carbons (Fsp3) is 0.407. The summed E-state index contributed by atoms with van der Waals surface area (Å²) in [6.45, 7) is 9.78. The monoisotopic (exact) mass is 528 g/mol. The zero-order valence-corrected chi connectivity index (χ0v) is 22.8. The van der Waals surface area contributed by atoms with Crippen molar-refractivity contribution in [1.82, 2.24) is 14.7 Å². The van der Waals surface area contributed by atoms with Crippen LogP contribution in [-0.2, 0) is 10.3 Å². The van der Waals surface area contributed by atoms with Crippen molar-refractivity contribution in [1.29, 1.82) is 0 Å². The zero-order chi connectivity index (χ0) is 24.9. The minimum Gasteiger partial charge on any atom is -0.336 e. The van der Waals surface area contributed by atoms with E-state index in [9.17, 15) is 4.79 Å². The van der Waals surface area contributed by atoms with Gasteiger partial charge in [-0.1, -0.05) is 61.3 Å². The van der Waals surface area contributed by atoms with Crippen molar-refractivity contribution in [3.8, 4) is 0 Å². The Labute approximate surface area is 221 Å². The van der Waals surface area contributed by atoms with Crippen LogP contribution in [0.25, 0.3) is 0 Å². The largest absolute Gasteiger partial charge is 0.336 e. The lowest BCUT2D eigenvalue weighted by Crippen LogP contribution is -2.47. The molecule has 8 heteroatoms. The summed E-state index contributed by atoms with van der Waals surface area (Å²) in [6, 6.07) is 15.8. The molecule has 3 heterocycles. The van der Waals surface area contributed by atoms with Crippen molar-refractivity contribution in [3.63, 3.8) is 0 Å². The maximum absolute atomic E-state index is 13.7. The van der Waals surface area contributed by atoms with Crippen LogP contribution in [0.2, 0.25) is 10.0 Å². The molecule has 2 aromatic rings. The van der Waals surface area contributed by atoms with Crippen molar-refractivity contribution >= 4 is 46.0 Å². The van der Waals surface area contributed by atoms with Crippen molar-refractivity contribution in [2.75, 3.05) is 33.2 Å². The third-order valence-corrected chi connectivity index (χ3v) is 8.72. The topological polar surface area (TPSA) is 39.2 Å². The van der Waals surface area contributed by atoms with Crippen LogP contribution in [0, 0.1) is 5.92 Å². The lowest BCUT2D eigenvalue weighted by Gasteiger charge is -2.37. The number of allylic oxidation sites excluding steroid dienone is 1. The standard InChI is InChI=1S/C27H30Cl2N4OS/c1-17(2)22-23(25(34)32-15-13-31(4)14-16-32)35-26-30-27(3,19-7-11-21(29)12-8-19)24(33(22)26)18-5-9-20(28)10-6-18/h5-12,17,24H,13-16H2,1-4H3/t24-,27+/m1/s1. The van der Waals surface area contributed by atoms with Gasteiger partial charge in [0, 0.05) is 41.9 Å². The van der Waals surface area contributed by atoms with E-state index in [1.807, 2.05) is 29.2 Å². The highest BCUT2D eigenvalue weighted by Crippen LogP contribution is 2.56. The second-order valence-electron chi connectivity index (χ2n) is 9.94. The average molecular weight is 530 g/mol. The fourth-order valence-electron chi connectivity index (χ4n) is 5.22. The molecule has 35 heavy (non-hydrogen) atoms. The van der Waals surface area contributed by atoms with Gasteiger partial charge in [0.05, 0.1) is 6.04 Å². The predicted molar refractivity (Wildman–Crippen MR) is 146 cm³/mol. The first-order valence-electron chi connectivity index (χ1n) is 12.0. The minimum atomic E-state index is -0.552. The number of hydrogen-bond acceptors (Lipinski definition) is 5. The Morgan fingerprint density at radius 2 is 1.57 bits per heavy atom. The number of thioether (sulfide) groups is 1. The number of benzene rings is 2. The Bertz CT molecular complexity index is 1190. The Hall–Kier alpha value is -1.99. The van der Waals surface area contributed by atoms with Crippen LogP contribution >= 0.6 is 35.0 Å². The van der Waals surface area contributed by atoms with Crippen molar-refractivity contribution in [2.45, 2.75) is 32.4 Å². The maximum atomic E-state index is 13.7. The second-order valence-corrected chi connectivity index (χ2v) is 11.8. The number of carbonyl (C=O) groups is 1. The zero-order valence-electron chi connectivity index (χ0n) is 20.5. The number of carbonyl (C=O) groups excluding carboxylic acids is 1. The molecular weight excluding hydrogens is 499 g/mol. The number of aliphatic imine (C=N–C) groups is 1. The molecule has 0 unspecified atom stereocenters. The third kappa shape index (κ3) is 4.39. The van der Waals surface area contributed by atoms with E-state index in [0.29, 0.717) is 10.0 Å². The van der Waals surface area contributed by atoms with E-state index in [-0.39, 0.29) is 17.9 Å². The molecule has 0 spiro atoms. The molecule has 1 fully saturated rings. The van der Waals surface area contributed by atoms with Crippen LogP contribution in [0.5, 0.6) is 0 Å². The molecule has 5 nitrogen and oxygen atoms in total. The van der Waals surface area contributed by atoms with Crippen LogP contribution in [0.4, 0.5) is 0 Å². The van der Waals surface area contributed by atoms with Crippen molar-refractivity contribution < 1.29 is 4.79 Å². The molecule has 0 saturated carbocycles. The van der Waals surface area contributed by atoms with E-state index in [2.05, 4.69) is 61.9 Å². The van der Waals surface area contributed by atoms with E-state index in [1.54, 1.807) is 0 Å². The highest BCUT2D eigenvalue weighted by molar-refractivity contribution is 8.18. The number of piperazine rings is 1. The van der Waals surface area contributed by atoms with Gasteiger partial charge in [-0.15, -0.1) is 0 Å². The fourth-order valence-corrected chi connectivity index (χ4v) is 6.84. The first kappa shape index (κ1) is 24.7. The first-order chi connectivity index (χ1) is 16.7. The summed E-state index contributed by atoms with van der Waals surface area (Å²) in [5, 5.41) is 2.27. The Morgan fingerprint density at radius 1 is 1.00 bits per heavy atom. The van der Waals surface area contributed by atoms with Crippen molar-refractivity contribution in [3.05, 3.63) is 80.3 Å². The number of fused-ring (bicyclic) bond motifs is 1. The van der Waals surface area contributed by atoms with E-state index in [0.717, 1.165) is 53.1 Å². The predicted octanol–water partition coefficient (Wildman–Crippen LogP) is 6.01. The highest BCUT2D eigenvalue weighted by atomic mass is 35.5. The van der Waals surface area contributed by atoms with Gasteiger partial charge in [0.15, 0.2) is 5.17 Å². The summed E-state index contributed by atoms with van der Waals surface area (Å²) < 4.78 is 0. The molecule has 3 aliphatic rings. The molecule has 5 rings (SSSR count). The van der Waals surface area contributed by atoms with E-state index in [4.69, 9.17) is 28.2 Å². The Morgan fingerprint density at radius 3 is 2.14 bits per heavy atom. The van der Waals surface area contributed by atoms with E-state index >= 15 is 0 Å². The number of likely N-dealkylation sites (N-methyl/N-ethyl adjacent to an activating group) is 1. The molecule has 1 amide bonds. The Balaban J connectivity index is 1.60. The van der Waals surface area contributed by atoms with Crippen LogP contribution < -0.4 is 0 Å². The summed E-state index contributed by atoms with van der Waals surface area (Å²) in [7, 11) is 2.10. The van der Waals surface area contributed by atoms with E-state index < -0.39 is 5.54 Å². The number of nitrogens with zero attached hydrogens (tertiary/aromatic N) is 4. The molecule has 2 atom stereocenters. The number of hydrogen-bond donors (Lipinski definition) is 0. The average Bonchev–Trinajstić information content (AvgIpc) is 3.33. The summed E-state index contributed by atoms with van der Waals surface area (Å²) in [4.78, 5) is 26.4. The summed E-state index contributed by atoms with van der Waals surface area (Å²) in [5.41, 5.74) is 2.69. The molecule has 0 radical (unpaired) electrons. The molecule has 0 N–H and O–H groups in total. The Kier molecular flexibility index (Phi) is 6.68. The molecule has 1 saturated heterocycles. The SMILES string of the molecule is CC(C)C1=C(C(=O)N2CCN(C)CC2)SC2=N[C@@](C)(c3ccc(Cl)cc3)[C@@H](c3ccc(Cl)cc3)N21. The van der Waals surface area contributed by atoms with Gasteiger partial charge < -0.3 is 14.7 Å². The van der Waals surface area contributed by atoms with Crippen LogP contribution in [0.15, 0.2) is 64.1 Å². The molecule has 0 aliphatic carbocycles. The smallest absolute Gasteiger partial charge is 0.262 e. The van der Waals surface area contributed by atoms with Gasteiger partial charge >= 0.3 is 0 Å². The number of halogens is 2. The number of amidine groups is 1. The van der Waals surface area contributed by atoms with Crippen LogP contribution in [0.1, 0.15) is 37.9 Å². The molecular formula is C27H30Cl2N4OS. The van der Waals surface area contributed by atoms with Gasteiger partial charge in [0.2, 0.25) is 0 Å². The summed E-state index contributed by atoms with van der Waals surface area (Å²) in [5.74, 6) is 0.274. The quantitative estimate of drug-likeness (QED) is 0.487. The minimum absolute atomic E-state index is 0.112. The number of amides is 1. The van der Waals surface area contributed by atoms with Gasteiger partial charge in [0.25, 0.3) is 5.91 Å². The molecule has 0 bridgehead atoms. The molecule has 3 aliphatic heterocycles. The van der Waals surface area contributed by atoms with Gasteiger partial charge in [-0.05, 0) is 67.0 Å². The van der Waals surface area contributed by atoms with Gasteiger partial charge in [-0.3, -0.25) is 4.79 Å². The van der Waals surface area contributed by atoms with Gasteiger partial charge in [-0.25, -0.2) is 4.99 Å². The first-order valence-corrected chi connectivity index (χ1v) is 13.6. The summed E-state index contributed by atoms with van der Waals surface area (Å²) >= 11 is 14.0. The molecule has 0 aromatic heterocycles. The number of rotatable bonds is 4. The third-order valence-electron chi connectivity index (χ3n) is 7.16. The maximum Gasteiger partial charge on any atom is 0.262 e. The van der Waals surface area contributed by atoms with Gasteiger partial charge in [0.1, 0.15) is 10.4 Å². The van der Waals surface area contributed by atoms with Crippen molar-refractivity contribution in [2.24, 2.45) is 10.9 Å². The lowest BCUT2D eigenvalue weighted by molar-refractivity contribution is -0.128. The highest BCUT2D eigenvalue weighted by Gasteiger charge is 2.53. The lowest BCUT2D eigenvalue weighted by atomic mass is 9.81. The normalized spacial score (nSPS) is 24.9. The summed E-state index contributed by atoms with van der Waals surface area (Å²) in [6.07, 6.45) is 0.